The fourth-order valence-corrected chi connectivity index (χ4v) is 2.72. The Morgan fingerprint density at radius 3 is 2.47 bits per heavy atom. The van der Waals surface area contributed by atoms with Gasteiger partial charge in [-0.15, -0.1) is 0 Å². The van der Waals surface area contributed by atoms with E-state index in [1.165, 1.54) is 38.7 Å². The quantitative estimate of drug-likeness (QED) is 0.595. The van der Waals surface area contributed by atoms with E-state index < -0.39 is 11.9 Å². The number of esters is 1. The summed E-state index contributed by atoms with van der Waals surface area (Å²) < 4.78 is 21.0. The Kier molecular flexibility index (Phi) is 6.35. The molecule has 8 nitrogen and oxygen atoms in total. The molecule has 0 fully saturated rings. The summed E-state index contributed by atoms with van der Waals surface area (Å²) in [6.45, 7) is -0.109. The van der Waals surface area contributed by atoms with E-state index in [1.54, 1.807) is 30.3 Å². The lowest BCUT2D eigenvalue weighted by Crippen LogP contribution is -2.16. The first-order valence-electron chi connectivity index (χ1n) is 8.83. The zero-order valence-electron chi connectivity index (χ0n) is 16.3. The number of methoxy groups -OCH3 is 2. The van der Waals surface area contributed by atoms with Crippen molar-refractivity contribution in [2.24, 2.45) is 0 Å². The van der Waals surface area contributed by atoms with Crippen molar-refractivity contribution < 1.29 is 28.2 Å². The Labute approximate surface area is 172 Å². The Bertz CT molecular complexity index is 1100. The molecule has 0 bridgehead atoms. The molecule has 30 heavy (non-hydrogen) atoms. The summed E-state index contributed by atoms with van der Waals surface area (Å²) >= 11 is 0. The number of hydrogen-bond acceptors (Lipinski definition) is 7. The topological polar surface area (TPSA) is 111 Å². The van der Waals surface area contributed by atoms with E-state index in [4.69, 9.17) is 18.6 Å². The number of nitrogens with zero attached hydrogens (tertiary/aromatic N) is 1. The molecule has 1 N–H and O–H groups in total. The Balaban J connectivity index is 1.90. The van der Waals surface area contributed by atoms with Gasteiger partial charge in [-0.05, 0) is 18.2 Å². The van der Waals surface area contributed by atoms with Crippen molar-refractivity contribution in [3.8, 4) is 17.6 Å². The van der Waals surface area contributed by atoms with Crippen molar-refractivity contribution in [3.63, 3.8) is 0 Å². The van der Waals surface area contributed by atoms with Gasteiger partial charge in [0.15, 0.2) is 17.3 Å². The van der Waals surface area contributed by atoms with Gasteiger partial charge in [-0.25, -0.2) is 4.79 Å². The number of carbonyl (C=O) groups excluding carboxylic acids is 2. The second kappa shape index (κ2) is 9.30. The summed E-state index contributed by atoms with van der Waals surface area (Å²) in [5.74, 6) is -0.571. The Hall–Kier alpha value is -4.25. The number of amides is 1. The van der Waals surface area contributed by atoms with E-state index in [0.29, 0.717) is 16.9 Å². The standard InChI is InChI=1S/C22H18N2O6/c1-27-19-10-16(22(26)30-13-15-7-4-3-6-14(15)12-23)17(11-20(19)28-2)24-21(25)18-8-5-9-29-18/h3-11H,13H2,1-2H3,(H,24,25). The molecule has 152 valence electrons. The van der Waals surface area contributed by atoms with Crippen LogP contribution < -0.4 is 14.8 Å². The molecule has 1 heterocycles. The molecule has 1 aromatic heterocycles. The van der Waals surface area contributed by atoms with Crippen LogP contribution in [0.25, 0.3) is 0 Å². The second-order valence-electron chi connectivity index (χ2n) is 6.03. The molecule has 0 saturated carbocycles. The number of nitrogens with one attached hydrogen (secondary N) is 1. The van der Waals surface area contributed by atoms with Gasteiger partial charge in [0.1, 0.15) is 6.61 Å². The van der Waals surface area contributed by atoms with Crippen LogP contribution >= 0.6 is 0 Å². The average molecular weight is 406 g/mol. The minimum Gasteiger partial charge on any atom is -0.493 e. The Morgan fingerprint density at radius 2 is 1.80 bits per heavy atom. The lowest BCUT2D eigenvalue weighted by Gasteiger charge is -2.15. The predicted octanol–water partition coefficient (Wildman–Crippen LogP) is 3.78. The molecule has 0 saturated heterocycles. The molecule has 0 atom stereocenters. The van der Waals surface area contributed by atoms with Gasteiger partial charge >= 0.3 is 5.97 Å². The number of carbonyl (C=O) groups is 2. The molecule has 0 radical (unpaired) electrons. The third-order valence-electron chi connectivity index (χ3n) is 4.23. The molecule has 0 aliphatic carbocycles. The molecule has 2 aromatic carbocycles. The van der Waals surface area contributed by atoms with Gasteiger partial charge in [0.25, 0.3) is 5.91 Å². The largest absolute Gasteiger partial charge is 0.493 e. The highest BCUT2D eigenvalue weighted by atomic mass is 16.5. The highest BCUT2D eigenvalue weighted by Crippen LogP contribution is 2.34. The predicted molar refractivity (Wildman–Crippen MR) is 106 cm³/mol. The molecule has 0 spiro atoms. The maximum Gasteiger partial charge on any atom is 0.340 e. The molecule has 1 amide bonds. The summed E-state index contributed by atoms with van der Waals surface area (Å²) in [5.41, 5.74) is 1.19. The van der Waals surface area contributed by atoms with Crippen LogP contribution in [0.4, 0.5) is 5.69 Å². The summed E-state index contributed by atoms with van der Waals surface area (Å²) in [6, 6.07) is 14.8. The zero-order chi connectivity index (χ0) is 21.5. The van der Waals surface area contributed by atoms with Crippen LogP contribution in [0.15, 0.2) is 59.2 Å². The smallest absolute Gasteiger partial charge is 0.340 e. The van der Waals surface area contributed by atoms with Crippen molar-refractivity contribution in [2.75, 3.05) is 19.5 Å². The molecule has 0 unspecified atom stereocenters. The van der Waals surface area contributed by atoms with Gasteiger partial charge < -0.3 is 23.9 Å². The van der Waals surface area contributed by atoms with E-state index in [2.05, 4.69) is 11.4 Å². The lowest BCUT2D eigenvalue weighted by molar-refractivity contribution is 0.0473. The maximum absolute atomic E-state index is 12.8. The fourth-order valence-electron chi connectivity index (χ4n) is 2.72. The summed E-state index contributed by atoms with van der Waals surface area (Å²) in [6.07, 6.45) is 1.37. The summed E-state index contributed by atoms with van der Waals surface area (Å²) in [7, 11) is 2.87. The maximum atomic E-state index is 12.8. The minimum absolute atomic E-state index is 0.0574. The van der Waals surface area contributed by atoms with Gasteiger partial charge in [0, 0.05) is 17.7 Å². The lowest BCUT2D eigenvalue weighted by atomic mass is 10.1. The minimum atomic E-state index is -0.710. The molecule has 8 heteroatoms. The fraction of sp³-hybridized carbons (Fsp3) is 0.136. The highest BCUT2D eigenvalue weighted by molar-refractivity contribution is 6.07. The van der Waals surface area contributed by atoms with Gasteiger partial charge in [0.05, 0.1) is 43.4 Å². The van der Waals surface area contributed by atoms with Gasteiger partial charge in [0.2, 0.25) is 0 Å². The van der Waals surface area contributed by atoms with Crippen LogP contribution in [-0.4, -0.2) is 26.1 Å². The van der Waals surface area contributed by atoms with E-state index >= 15 is 0 Å². The van der Waals surface area contributed by atoms with E-state index in [9.17, 15) is 14.9 Å². The number of furan rings is 1. The van der Waals surface area contributed by atoms with Crippen LogP contribution in [0, 0.1) is 11.3 Å². The SMILES string of the molecule is COc1cc(NC(=O)c2ccco2)c(C(=O)OCc2ccccc2C#N)cc1OC. The molecule has 3 rings (SSSR count). The average Bonchev–Trinajstić information content (AvgIpc) is 3.32. The number of anilines is 1. The van der Waals surface area contributed by atoms with E-state index in [0.717, 1.165) is 0 Å². The van der Waals surface area contributed by atoms with Crippen molar-refractivity contribution >= 4 is 17.6 Å². The molecular weight excluding hydrogens is 388 g/mol. The number of benzene rings is 2. The van der Waals surface area contributed by atoms with E-state index in [-0.39, 0.29) is 29.4 Å². The first-order valence-corrected chi connectivity index (χ1v) is 8.83. The monoisotopic (exact) mass is 406 g/mol. The van der Waals surface area contributed by atoms with Gasteiger partial charge in [-0.3, -0.25) is 4.79 Å². The molecule has 3 aromatic rings. The normalized spacial score (nSPS) is 10.0. The first kappa shape index (κ1) is 20.5. The van der Waals surface area contributed by atoms with Gasteiger partial charge in [-0.2, -0.15) is 5.26 Å². The van der Waals surface area contributed by atoms with E-state index in [1.807, 2.05) is 0 Å². The molecule has 0 aliphatic rings. The first-order chi connectivity index (χ1) is 14.6. The van der Waals surface area contributed by atoms with Crippen molar-refractivity contribution in [1.29, 1.82) is 5.26 Å². The number of hydrogen-bond donors (Lipinski definition) is 1. The van der Waals surface area contributed by atoms with Crippen LogP contribution in [0.5, 0.6) is 11.5 Å². The van der Waals surface area contributed by atoms with Crippen molar-refractivity contribution in [2.45, 2.75) is 6.61 Å². The number of ether oxygens (including phenoxy) is 3. The summed E-state index contributed by atoms with van der Waals surface area (Å²) in [5, 5.41) is 11.8. The van der Waals surface area contributed by atoms with Crippen LogP contribution in [0.2, 0.25) is 0 Å². The third kappa shape index (κ3) is 4.42. The number of rotatable bonds is 7. The molecular formula is C22H18N2O6. The zero-order valence-corrected chi connectivity index (χ0v) is 16.3. The Morgan fingerprint density at radius 1 is 1.07 bits per heavy atom. The van der Waals surface area contributed by atoms with Crippen LogP contribution in [0.1, 0.15) is 32.0 Å². The number of nitriles is 1. The van der Waals surface area contributed by atoms with Crippen molar-refractivity contribution in [3.05, 3.63) is 77.2 Å². The molecule has 0 aliphatic heterocycles. The third-order valence-corrected chi connectivity index (χ3v) is 4.23. The van der Waals surface area contributed by atoms with Crippen molar-refractivity contribution in [1.82, 2.24) is 0 Å². The van der Waals surface area contributed by atoms with Crippen LogP contribution in [-0.2, 0) is 11.3 Å². The summed E-state index contributed by atoms with van der Waals surface area (Å²) in [4.78, 5) is 25.2. The van der Waals surface area contributed by atoms with Crippen LogP contribution in [0.3, 0.4) is 0 Å². The second-order valence-corrected chi connectivity index (χ2v) is 6.03. The van der Waals surface area contributed by atoms with Gasteiger partial charge in [-0.1, -0.05) is 18.2 Å². The highest BCUT2D eigenvalue weighted by Gasteiger charge is 2.21.